The second-order valence-electron chi connectivity index (χ2n) is 7.55. The second kappa shape index (κ2) is 9.06. The van der Waals surface area contributed by atoms with Gasteiger partial charge in [0.05, 0.1) is 12.1 Å². The number of halogens is 1. The Balaban J connectivity index is 1.38. The number of benzene rings is 2. The van der Waals surface area contributed by atoms with Gasteiger partial charge in [-0.2, -0.15) is 0 Å². The van der Waals surface area contributed by atoms with E-state index in [-0.39, 0.29) is 17.9 Å². The minimum atomic E-state index is -0.300. The quantitative estimate of drug-likeness (QED) is 0.748. The number of amides is 2. The van der Waals surface area contributed by atoms with E-state index in [9.17, 15) is 9.59 Å². The minimum absolute atomic E-state index is 0.0144. The van der Waals surface area contributed by atoms with Gasteiger partial charge in [0.1, 0.15) is 11.9 Å². The molecule has 158 valence electrons. The van der Waals surface area contributed by atoms with Gasteiger partial charge in [0, 0.05) is 38.3 Å². The number of ether oxygens (including phenoxy) is 2. The Kier molecular flexibility index (Phi) is 6.25. The van der Waals surface area contributed by atoms with Crippen LogP contribution >= 0.6 is 11.6 Å². The van der Waals surface area contributed by atoms with Crippen LogP contribution in [0.25, 0.3) is 11.1 Å². The van der Waals surface area contributed by atoms with E-state index >= 15 is 0 Å². The lowest BCUT2D eigenvalue weighted by atomic mass is 10.0. The maximum atomic E-state index is 12.9. The fraction of sp³-hybridized carbons (Fsp3) is 0.391. The van der Waals surface area contributed by atoms with Crippen molar-refractivity contribution < 1.29 is 19.1 Å². The van der Waals surface area contributed by atoms with Crippen molar-refractivity contribution in [2.45, 2.75) is 18.9 Å². The summed E-state index contributed by atoms with van der Waals surface area (Å²) < 4.78 is 10.8. The van der Waals surface area contributed by atoms with E-state index in [1.54, 1.807) is 18.1 Å². The van der Waals surface area contributed by atoms with Crippen LogP contribution in [0.3, 0.4) is 0 Å². The Hall–Kier alpha value is -2.57. The topological polar surface area (TPSA) is 59.1 Å². The van der Waals surface area contributed by atoms with Gasteiger partial charge in [-0.3, -0.25) is 9.59 Å². The van der Waals surface area contributed by atoms with Crippen LogP contribution in [0.15, 0.2) is 42.5 Å². The van der Waals surface area contributed by atoms with E-state index in [4.69, 9.17) is 21.1 Å². The molecule has 0 spiro atoms. The highest BCUT2D eigenvalue weighted by atomic mass is 35.5. The highest BCUT2D eigenvalue weighted by Gasteiger charge is 2.31. The predicted octanol–water partition coefficient (Wildman–Crippen LogP) is 3.48. The zero-order valence-corrected chi connectivity index (χ0v) is 17.7. The summed E-state index contributed by atoms with van der Waals surface area (Å²) in [5.41, 5.74) is 2.59. The first-order valence-corrected chi connectivity index (χ1v) is 10.6. The maximum Gasteiger partial charge on any atom is 0.253 e. The first kappa shape index (κ1) is 20.7. The molecular formula is C23H25ClN2O4. The summed E-state index contributed by atoms with van der Waals surface area (Å²) in [6, 6.07) is 13.1. The maximum absolute atomic E-state index is 12.9. The number of carbonyl (C=O) groups is 2. The Morgan fingerprint density at radius 1 is 1.00 bits per heavy atom. The molecule has 0 aliphatic carbocycles. The van der Waals surface area contributed by atoms with Crippen LogP contribution in [0.5, 0.6) is 5.75 Å². The van der Waals surface area contributed by atoms with E-state index in [2.05, 4.69) is 0 Å². The molecule has 0 bridgehead atoms. The van der Waals surface area contributed by atoms with Crippen molar-refractivity contribution in [2.75, 3.05) is 39.9 Å². The molecule has 0 aromatic heterocycles. The average Bonchev–Trinajstić information content (AvgIpc) is 3.34. The molecule has 6 nitrogen and oxygen atoms in total. The zero-order valence-electron chi connectivity index (χ0n) is 17.0. The Bertz CT molecular complexity index is 917. The average molecular weight is 429 g/mol. The number of piperazine rings is 1. The third kappa shape index (κ3) is 4.30. The second-order valence-corrected chi connectivity index (χ2v) is 7.95. The van der Waals surface area contributed by atoms with Crippen molar-refractivity contribution in [1.29, 1.82) is 0 Å². The van der Waals surface area contributed by atoms with Gasteiger partial charge < -0.3 is 19.3 Å². The molecule has 1 atom stereocenters. The fourth-order valence-corrected chi connectivity index (χ4v) is 4.13. The van der Waals surface area contributed by atoms with Crippen LogP contribution in [0.2, 0.25) is 5.02 Å². The summed E-state index contributed by atoms with van der Waals surface area (Å²) in [6.07, 6.45) is 1.43. The smallest absolute Gasteiger partial charge is 0.253 e. The standard InChI is InChI=1S/C23H25ClN2O4/c1-29-21-15-18(8-9-19(21)24)16-4-6-17(7-5-16)22(27)25-10-12-26(13-11-25)23(28)20-3-2-14-30-20/h4-9,15,20H,2-3,10-14H2,1H3/t20-/m0/s1. The van der Waals surface area contributed by atoms with Gasteiger partial charge in [-0.1, -0.05) is 29.8 Å². The molecule has 2 saturated heterocycles. The van der Waals surface area contributed by atoms with Gasteiger partial charge in [-0.25, -0.2) is 0 Å². The fourth-order valence-electron chi connectivity index (χ4n) is 3.93. The van der Waals surface area contributed by atoms with Gasteiger partial charge in [-0.15, -0.1) is 0 Å². The third-order valence-electron chi connectivity index (χ3n) is 5.70. The molecule has 2 aliphatic rings. The van der Waals surface area contributed by atoms with E-state index in [1.807, 2.05) is 41.3 Å². The first-order valence-electron chi connectivity index (χ1n) is 10.2. The number of rotatable bonds is 4. The molecule has 7 heteroatoms. The molecular weight excluding hydrogens is 404 g/mol. The Morgan fingerprint density at radius 3 is 2.30 bits per heavy atom. The van der Waals surface area contributed by atoms with Gasteiger partial charge in [-0.05, 0) is 48.2 Å². The summed E-state index contributed by atoms with van der Waals surface area (Å²) in [7, 11) is 1.58. The Labute approximate surface area is 181 Å². The number of nitrogens with zero attached hydrogens (tertiary/aromatic N) is 2. The van der Waals surface area contributed by atoms with E-state index < -0.39 is 0 Å². The summed E-state index contributed by atoms with van der Waals surface area (Å²) in [5, 5.41) is 0.560. The lowest BCUT2D eigenvalue weighted by Crippen LogP contribution is -2.52. The summed E-state index contributed by atoms with van der Waals surface area (Å²) in [5.74, 6) is 0.659. The molecule has 0 radical (unpaired) electrons. The van der Waals surface area contributed by atoms with Gasteiger partial charge >= 0.3 is 0 Å². The molecule has 0 N–H and O–H groups in total. The van der Waals surface area contributed by atoms with Crippen LogP contribution in [0.1, 0.15) is 23.2 Å². The van der Waals surface area contributed by atoms with Crippen LogP contribution in [0, 0.1) is 0 Å². The summed E-state index contributed by atoms with van der Waals surface area (Å²) >= 11 is 6.10. The molecule has 2 fully saturated rings. The highest BCUT2D eigenvalue weighted by molar-refractivity contribution is 6.32. The van der Waals surface area contributed by atoms with Gasteiger partial charge in [0.15, 0.2) is 0 Å². The van der Waals surface area contributed by atoms with Crippen molar-refractivity contribution in [3.05, 3.63) is 53.1 Å². The van der Waals surface area contributed by atoms with E-state index in [1.165, 1.54) is 0 Å². The highest BCUT2D eigenvalue weighted by Crippen LogP contribution is 2.30. The normalized spacial score (nSPS) is 19.1. The zero-order chi connectivity index (χ0) is 21.1. The summed E-state index contributed by atoms with van der Waals surface area (Å²) in [6.45, 7) is 2.83. The Morgan fingerprint density at radius 2 is 1.67 bits per heavy atom. The van der Waals surface area contributed by atoms with Crippen LogP contribution < -0.4 is 4.74 Å². The molecule has 0 saturated carbocycles. The number of carbonyl (C=O) groups excluding carboxylic acids is 2. The monoisotopic (exact) mass is 428 g/mol. The van der Waals surface area contributed by atoms with Gasteiger partial charge in [0.2, 0.25) is 0 Å². The van der Waals surface area contributed by atoms with Crippen molar-refractivity contribution in [1.82, 2.24) is 9.80 Å². The van der Waals surface area contributed by atoms with E-state index in [0.29, 0.717) is 49.1 Å². The van der Waals surface area contributed by atoms with Crippen LogP contribution in [-0.4, -0.2) is 67.6 Å². The predicted molar refractivity (Wildman–Crippen MR) is 115 cm³/mol. The van der Waals surface area contributed by atoms with Crippen molar-refractivity contribution in [3.63, 3.8) is 0 Å². The van der Waals surface area contributed by atoms with Crippen LogP contribution in [0.4, 0.5) is 0 Å². The number of hydrogen-bond donors (Lipinski definition) is 0. The van der Waals surface area contributed by atoms with Crippen molar-refractivity contribution >= 4 is 23.4 Å². The summed E-state index contributed by atoms with van der Waals surface area (Å²) in [4.78, 5) is 29.0. The molecule has 4 rings (SSSR count). The lowest BCUT2D eigenvalue weighted by Gasteiger charge is -2.35. The molecule has 2 aromatic carbocycles. The minimum Gasteiger partial charge on any atom is -0.495 e. The molecule has 30 heavy (non-hydrogen) atoms. The third-order valence-corrected chi connectivity index (χ3v) is 6.01. The molecule has 2 aromatic rings. The largest absolute Gasteiger partial charge is 0.495 e. The molecule has 2 heterocycles. The first-order chi connectivity index (χ1) is 14.6. The van der Waals surface area contributed by atoms with Crippen molar-refractivity contribution in [2.24, 2.45) is 0 Å². The molecule has 2 aliphatic heterocycles. The number of hydrogen-bond acceptors (Lipinski definition) is 4. The lowest BCUT2D eigenvalue weighted by molar-refractivity contribution is -0.142. The molecule has 2 amide bonds. The SMILES string of the molecule is COc1cc(-c2ccc(C(=O)N3CCN(C(=O)[C@@H]4CCCO4)CC3)cc2)ccc1Cl. The molecule has 0 unspecified atom stereocenters. The van der Waals surface area contributed by atoms with Crippen LogP contribution in [-0.2, 0) is 9.53 Å². The number of methoxy groups -OCH3 is 1. The van der Waals surface area contributed by atoms with Crippen molar-refractivity contribution in [3.8, 4) is 16.9 Å². The van der Waals surface area contributed by atoms with Gasteiger partial charge in [0.25, 0.3) is 11.8 Å². The van der Waals surface area contributed by atoms with E-state index in [0.717, 1.165) is 24.0 Å².